The Morgan fingerprint density at radius 3 is 1.04 bits per heavy atom. The number of benzene rings is 7. The maximum atomic E-state index is 14.9. The van der Waals surface area contributed by atoms with Gasteiger partial charge in [-0.25, -0.2) is 9.59 Å². The molecule has 0 aliphatic heterocycles. The van der Waals surface area contributed by atoms with Crippen LogP contribution in [0.5, 0.6) is 23.0 Å². The standard InChI is InChI=1S/C82H86O10S2/c1-3-75(83)89-53-21-11-7-5-9-19-51-87-69-47-43-63(44-48-69)61-31-39-67(40-32-61)81(85)91-77-71-55-73(65-35-27-59(28-36-65)57-23-15-13-16-24-57)94-80(71)78(72-56-74(93-79(72)77)66-37-29-60(30-38-66)58-25-17-14-18-26-58)92-82(86)68-41-33-62(34-42-68)64-45-49-70(50-46-64)88-52-20-10-6-8-12-22-54-90-76(84)4-2/h3-4,13-18,23-30,35-38,43-50,55-56,61-62,67-68H,1-2,5-12,19-22,31-34,39-42,51-54H2. The number of hydrogen-bond acceptors (Lipinski definition) is 12. The molecule has 2 heterocycles. The molecule has 0 saturated heterocycles. The Bertz CT molecular complexity index is 3620. The minimum atomic E-state index is -0.363. The van der Waals surface area contributed by atoms with Crippen LogP contribution in [0, 0.1) is 11.8 Å². The van der Waals surface area contributed by atoms with Crippen LogP contribution < -0.4 is 18.9 Å². The van der Waals surface area contributed by atoms with E-state index in [1.165, 1.54) is 23.3 Å². The average Bonchev–Trinajstić information content (AvgIpc) is 1.57. The number of esters is 4. The molecule has 486 valence electrons. The molecule has 0 bridgehead atoms. The van der Waals surface area contributed by atoms with Gasteiger partial charge in [0, 0.05) is 32.7 Å². The first-order valence-corrected chi connectivity index (χ1v) is 35.6. The molecule has 12 heteroatoms. The highest BCUT2D eigenvalue weighted by Gasteiger charge is 2.34. The third kappa shape index (κ3) is 18.0. The van der Waals surface area contributed by atoms with Crippen LogP contribution in [-0.2, 0) is 28.7 Å². The predicted molar refractivity (Wildman–Crippen MR) is 381 cm³/mol. The van der Waals surface area contributed by atoms with Crippen molar-refractivity contribution in [1.82, 2.24) is 0 Å². The number of rotatable bonds is 32. The van der Waals surface area contributed by atoms with Crippen molar-refractivity contribution in [2.75, 3.05) is 26.4 Å². The van der Waals surface area contributed by atoms with Crippen molar-refractivity contribution in [3.8, 4) is 66.1 Å². The first kappa shape index (κ1) is 66.9. The second-order valence-corrected chi connectivity index (χ2v) is 27.1. The van der Waals surface area contributed by atoms with Crippen LogP contribution >= 0.6 is 22.7 Å². The highest BCUT2D eigenvalue weighted by atomic mass is 32.1. The SMILES string of the molecule is C=CC(=O)OCCCCCCCCOc1ccc(C2CCC(C(=O)Oc3c4cc(-c5ccc(-c6ccccc6)cc5)sc4c(OC(=O)C4CCC(c5ccc(OCCCCCCCCOC(=O)C=C)cc5)CC4)c4cc(-c5ccc(-c6ccccc6)cc5)sc34)CC2)cc1. The molecule has 7 aromatic carbocycles. The number of carbonyl (C=O) groups excluding carboxylic acids is 4. The molecule has 9 aromatic rings. The number of hydrogen-bond donors (Lipinski definition) is 0. The Kier molecular flexibility index (Phi) is 24.2. The third-order valence-electron chi connectivity index (χ3n) is 18.6. The molecule has 0 radical (unpaired) electrons. The molecular formula is C82H86O10S2. The van der Waals surface area contributed by atoms with Crippen LogP contribution in [0.15, 0.2) is 195 Å². The fourth-order valence-corrected chi connectivity index (χ4v) is 15.4. The lowest BCUT2D eigenvalue weighted by molar-refractivity contribution is -0.140. The lowest BCUT2D eigenvalue weighted by Gasteiger charge is -2.28. The molecule has 94 heavy (non-hydrogen) atoms. The van der Waals surface area contributed by atoms with Gasteiger partial charge in [-0.3, -0.25) is 9.59 Å². The molecule has 10 nitrogen and oxygen atoms in total. The summed E-state index contributed by atoms with van der Waals surface area (Å²) < 4.78 is 37.7. The van der Waals surface area contributed by atoms with Gasteiger partial charge in [0.15, 0.2) is 11.5 Å². The minimum Gasteiger partial charge on any atom is -0.494 e. The van der Waals surface area contributed by atoms with Crippen molar-refractivity contribution >= 4 is 66.7 Å². The van der Waals surface area contributed by atoms with Gasteiger partial charge in [0.25, 0.3) is 0 Å². The summed E-state index contributed by atoms with van der Waals surface area (Å²) in [6, 6.07) is 59.2. The van der Waals surface area contributed by atoms with E-state index in [-0.39, 0.29) is 35.7 Å². The normalized spacial score (nSPS) is 16.3. The first-order valence-electron chi connectivity index (χ1n) is 34.0. The van der Waals surface area contributed by atoms with Gasteiger partial charge >= 0.3 is 23.9 Å². The van der Waals surface area contributed by atoms with Gasteiger partial charge in [-0.2, -0.15) is 0 Å². The number of thiophene rings is 2. The Morgan fingerprint density at radius 1 is 0.372 bits per heavy atom. The smallest absolute Gasteiger partial charge is 0.330 e. The van der Waals surface area contributed by atoms with Gasteiger partial charge in [-0.05, 0) is 170 Å². The maximum absolute atomic E-state index is 14.9. The van der Waals surface area contributed by atoms with Crippen LogP contribution in [0.1, 0.15) is 151 Å². The fourth-order valence-electron chi connectivity index (χ4n) is 13.1. The highest BCUT2D eigenvalue weighted by Crippen LogP contribution is 2.54. The quantitative estimate of drug-likeness (QED) is 0.0174. The predicted octanol–water partition coefficient (Wildman–Crippen LogP) is 21.4. The summed E-state index contributed by atoms with van der Waals surface area (Å²) in [5.41, 5.74) is 9.06. The summed E-state index contributed by atoms with van der Waals surface area (Å²) in [5, 5.41) is 1.52. The van der Waals surface area contributed by atoms with E-state index in [4.69, 9.17) is 28.4 Å². The van der Waals surface area contributed by atoms with Crippen LogP contribution in [-0.4, -0.2) is 50.3 Å². The van der Waals surface area contributed by atoms with Crippen LogP contribution in [0.4, 0.5) is 0 Å². The van der Waals surface area contributed by atoms with Crippen LogP contribution in [0.2, 0.25) is 0 Å². The van der Waals surface area contributed by atoms with Crippen molar-refractivity contribution in [1.29, 1.82) is 0 Å². The molecule has 0 N–H and O–H groups in total. The first-order chi connectivity index (χ1) is 46.2. The van der Waals surface area contributed by atoms with Gasteiger partial charge in [0.1, 0.15) is 11.5 Å². The lowest BCUT2D eigenvalue weighted by atomic mass is 9.79. The molecule has 2 saturated carbocycles. The summed E-state index contributed by atoms with van der Waals surface area (Å²) in [4.78, 5) is 54.2. The fraction of sp³-hybridized carbons (Fsp3) is 0.341. The van der Waals surface area contributed by atoms with Crippen molar-refractivity contribution in [3.63, 3.8) is 0 Å². The van der Waals surface area contributed by atoms with E-state index in [1.54, 1.807) is 22.7 Å². The van der Waals surface area contributed by atoms with Crippen LogP contribution in [0.25, 0.3) is 63.3 Å². The van der Waals surface area contributed by atoms with E-state index >= 15 is 0 Å². The van der Waals surface area contributed by atoms with Gasteiger partial charge in [0.2, 0.25) is 0 Å². The van der Waals surface area contributed by atoms with Crippen molar-refractivity contribution < 1.29 is 47.6 Å². The van der Waals surface area contributed by atoms with E-state index in [9.17, 15) is 19.2 Å². The van der Waals surface area contributed by atoms with E-state index in [0.29, 0.717) is 75.4 Å². The Labute approximate surface area is 561 Å². The monoisotopic (exact) mass is 1290 g/mol. The van der Waals surface area contributed by atoms with Crippen molar-refractivity contribution in [2.24, 2.45) is 11.8 Å². The molecule has 2 aliphatic rings. The second kappa shape index (κ2) is 34.0. The Balaban J connectivity index is 0.785. The highest BCUT2D eigenvalue weighted by molar-refractivity contribution is 7.24. The minimum absolute atomic E-state index is 0.230. The van der Waals surface area contributed by atoms with Gasteiger partial charge in [-0.1, -0.05) is 198 Å². The number of unbranched alkanes of at least 4 members (excludes halogenated alkanes) is 10. The van der Waals surface area contributed by atoms with Crippen LogP contribution in [0.3, 0.4) is 0 Å². The molecule has 11 rings (SSSR count). The summed E-state index contributed by atoms with van der Waals surface area (Å²) in [6.45, 7) is 9.10. The molecule has 0 unspecified atom stereocenters. The zero-order chi connectivity index (χ0) is 64.9. The molecule has 0 amide bonds. The number of ether oxygens (including phenoxy) is 6. The number of carbonyl (C=O) groups is 4. The van der Waals surface area contributed by atoms with Crippen molar-refractivity contribution in [3.05, 3.63) is 206 Å². The second-order valence-electron chi connectivity index (χ2n) is 25.0. The Morgan fingerprint density at radius 2 is 0.691 bits per heavy atom. The molecule has 2 aromatic heterocycles. The van der Waals surface area contributed by atoms with E-state index < -0.39 is 0 Å². The Hall–Kier alpha value is -8.58. The van der Waals surface area contributed by atoms with Gasteiger partial charge in [-0.15, -0.1) is 22.7 Å². The van der Waals surface area contributed by atoms with Crippen molar-refractivity contribution in [2.45, 2.75) is 140 Å². The molecule has 0 atom stereocenters. The number of fused-ring (bicyclic) bond motifs is 2. The summed E-state index contributed by atoms with van der Waals surface area (Å²) in [6.07, 6.45) is 21.1. The van der Waals surface area contributed by atoms with Gasteiger partial charge < -0.3 is 28.4 Å². The average molecular weight is 1300 g/mol. The molecule has 2 aliphatic carbocycles. The third-order valence-corrected chi connectivity index (χ3v) is 21.0. The summed E-state index contributed by atoms with van der Waals surface area (Å²) >= 11 is 3.15. The van der Waals surface area contributed by atoms with E-state index in [0.717, 1.165) is 178 Å². The molecule has 2 fully saturated rings. The van der Waals surface area contributed by atoms with E-state index in [1.807, 2.05) is 12.1 Å². The maximum Gasteiger partial charge on any atom is 0.330 e. The van der Waals surface area contributed by atoms with E-state index in [2.05, 4.69) is 171 Å². The zero-order valence-corrected chi connectivity index (χ0v) is 55.5. The summed E-state index contributed by atoms with van der Waals surface area (Å²) in [5.74, 6) is 1.68. The topological polar surface area (TPSA) is 124 Å². The zero-order valence-electron chi connectivity index (χ0n) is 53.9. The lowest BCUT2D eigenvalue weighted by Crippen LogP contribution is -2.25. The van der Waals surface area contributed by atoms with Gasteiger partial charge in [0.05, 0.1) is 47.7 Å². The largest absolute Gasteiger partial charge is 0.494 e. The summed E-state index contributed by atoms with van der Waals surface area (Å²) in [7, 11) is 0. The molecular weight excluding hydrogens is 1210 g/mol. The molecule has 0 spiro atoms.